The molecule has 1 aromatic rings. The van der Waals surface area contributed by atoms with Gasteiger partial charge in [-0.15, -0.1) is 0 Å². The maximum atomic E-state index is 11.5. The van der Waals surface area contributed by atoms with Crippen molar-refractivity contribution in [3.05, 3.63) is 29.8 Å². The minimum atomic E-state index is -0.252. The Labute approximate surface area is 101 Å². The van der Waals surface area contributed by atoms with Crippen molar-refractivity contribution in [1.29, 1.82) is 0 Å². The van der Waals surface area contributed by atoms with E-state index in [1.807, 2.05) is 31.2 Å². The Morgan fingerprint density at radius 2 is 2.06 bits per heavy atom. The Hall–Kier alpha value is -1.55. The molecule has 0 atom stereocenters. The number of benzene rings is 1. The third-order valence-corrected chi connectivity index (χ3v) is 2.87. The number of ether oxygens (including phenoxy) is 1. The van der Waals surface area contributed by atoms with Crippen molar-refractivity contribution in [1.82, 2.24) is 5.32 Å². The van der Waals surface area contributed by atoms with Gasteiger partial charge >= 0.3 is 0 Å². The molecule has 0 radical (unpaired) electrons. The van der Waals surface area contributed by atoms with Crippen molar-refractivity contribution < 1.29 is 14.6 Å². The standard InChI is InChI=1S/C13H17NO3/c1-9-2-4-12(5-3-9)17-8-13(16)14-10-6-11(15)7-10/h2-5,10-11,15H,6-8H2,1H3,(H,14,16). The van der Waals surface area contributed by atoms with Crippen molar-refractivity contribution in [2.45, 2.75) is 31.9 Å². The van der Waals surface area contributed by atoms with Gasteiger partial charge in [-0.05, 0) is 31.9 Å². The number of nitrogens with one attached hydrogen (secondary N) is 1. The maximum Gasteiger partial charge on any atom is 0.258 e. The Bertz CT molecular complexity index is 382. The minimum Gasteiger partial charge on any atom is -0.484 e. The Morgan fingerprint density at radius 3 is 2.65 bits per heavy atom. The van der Waals surface area contributed by atoms with Crippen LogP contribution in [-0.2, 0) is 4.79 Å². The molecule has 1 amide bonds. The van der Waals surface area contributed by atoms with Gasteiger partial charge in [0.05, 0.1) is 6.10 Å². The van der Waals surface area contributed by atoms with Crippen LogP contribution in [0.1, 0.15) is 18.4 Å². The van der Waals surface area contributed by atoms with Gasteiger partial charge in [0.25, 0.3) is 5.91 Å². The summed E-state index contributed by atoms with van der Waals surface area (Å²) in [6.45, 7) is 2.02. The molecule has 1 aliphatic rings. The van der Waals surface area contributed by atoms with Gasteiger partial charge in [0, 0.05) is 6.04 Å². The molecule has 2 rings (SSSR count). The lowest BCUT2D eigenvalue weighted by Gasteiger charge is -2.31. The van der Waals surface area contributed by atoms with Crippen LogP contribution in [0, 0.1) is 6.92 Å². The van der Waals surface area contributed by atoms with Gasteiger partial charge in [-0.3, -0.25) is 4.79 Å². The highest BCUT2D eigenvalue weighted by Crippen LogP contribution is 2.19. The first kappa shape index (κ1) is 11.9. The zero-order chi connectivity index (χ0) is 12.3. The van der Waals surface area contributed by atoms with Crippen molar-refractivity contribution >= 4 is 5.91 Å². The van der Waals surface area contributed by atoms with Crippen molar-refractivity contribution in [2.24, 2.45) is 0 Å². The van der Waals surface area contributed by atoms with E-state index in [1.54, 1.807) is 0 Å². The summed E-state index contributed by atoms with van der Waals surface area (Å²) in [6.07, 6.45) is 1.05. The number of carbonyl (C=O) groups excluding carboxylic acids is 1. The van der Waals surface area contributed by atoms with E-state index in [-0.39, 0.29) is 24.7 Å². The predicted octanol–water partition coefficient (Wildman–Crippen LogP) is 1.01. The highest BCUT2D eigenvalue weighted by atomic mass is 16.5. The number of amides is 1. The Balaban J connectivity index is 1.70. The molecule has 0 unspecified atom stereocenters. The van der Waals surface area contributed by atoms with Crippen molar-refractivity contribution in [3.63, 3.8) is 0 Å². The minimum absolute atomic E-state index is 0.0235. The summed E-state index contributed by atoms with van der Waals surface area (Å²) in [6, 6.07) is 7.68. The lowest BCUT2D eigenvalue weighted by molar-refractivity contribution is -0.125. The lowest BCUT2D eigenvalue weighted by Crippen LogP contribution is -2.48. The number of aryl methyl sites for hydroxylation is 1. The highest BCUT2D eigenvalue weighted by molar-refractivity contribution is 5.77. The summed E-state index contributed by atoms with van der Waals surface area (Å²) in [5.41, 5.74) is 1.16. The molecule has 1 saturated carbocycles. The molecule has 1 aliphatic carbocycles. The second kappa shape index (κ2) is 5.19. The van der Waals surface area contributed by atoms with Crippen LogP contribution in [0.15, 0.2) is 24.3 Å². The van der Waals surface area contributed by atoms with Crippen LogP contribution in [0.2, 0.25) is 0 Å². The van der Waals surface area contributed by atoms with E-state index in [4.69, 9.17) is 9.84 Å². The van der Waals surface area contributed by atoms with Crippen LogP contribution in [-0.4, -0.2) is 29.8 Å². The van der Waals surface area contributed by atoms with E-state index in [0.29, 0.717) is 18.6 Å². The normalized spacial score (nSPS) is 22.7. The number of hydrogen-bond acceptors (Lipinski definition) is 3. The molecule has 2 N–H and O–H groups in total. The van der Waals surface area contributed by atoms with E-state index in [2.05, 4.69) is 5.32 Å². The van der Waals surface area contributed by atoms with Gasteiger partial charge in [0.2, 0.25) is 0 Å². The molecular weight excluding hydrogens is 218 g/mol. The summed E-state index contributed by atoms with van der Waals surface area (Å²) in [5, 5.41) is 11.9. The summed E-state index contributed by atoms with van der Waals surface area (Å²) in [7, 11) is 0. The first-order valence-corrected chi connectivity index (χ1v) is 5.80. The predicted molar refractivity (Wildman–Crippen MR) is 63.8 cm³/mol. The SMILES string of the molecule is Cc1ccc(OCC(=O)NC2CC(O)C2)cc1. The van der Waals surface area contributed by atoms with Gasteiger partial charge in [0.15, 0.2) is 6.61 Å². The number of hydrogen-bond donors (Lipinski definition) is 2. The first-order chi connectivity index (χ1) is 8.13. The van der Waals surface area contributed by atoms with E-state index in [1.165, 1.54) is 0 Å². The number of rotatable bonds is 4. The second-order valence-corrected chi connectivity index (χ2v) is 4.49. The molecule has 4 nitrogen and oxygen atoms in total. The Morgan fingerprint density at radius 1 is 1.41 bits per heavy atom. The molecule has 0 aliphatic heterocycles. The molecule has 0 spiro atoms. The van der Waals surface area contributed by atoms with E-state index < -0.39 is 0 Å². The molecule has 1 aromatic carbocycles. The van der Waals surface area contributed by atoms with Crippen LogP contribution in [0.25, 0.3) is 0 Å². The van der Waals surface area contributed by atoms with Gasteiger partial charge < -0.3 is 15.2 Å². The van der Waals surface area contributed by atoms with Gasteiger partial charge in [-0.1, -0.05) is 17.7 Å². The molecule has 0 heterocycles. The second-order valence-electron chi connectivity index (χ2n) is 4.49. The third-order valence-electron chi connectivity index (χ3n) is 2.87. The number of aliphatic hydroxyl groups is 1. The molecule has 0 saturated heterocycles. The van der Waals surface area contributed by atoms with E-state index in [9.17, 15) is 4.79 Å². The maximum absolute atomic E-state index is 11.5. The fraction of sp³-hybridized carbons (Fsp3) is 0.462. The van der Waals surface area contributed by atoms with Gasteiger partial charge in [-0.2, -0.15) is 0 Å². The topological polar surface area (TPSA) is 58.6 Å². The average molecular weight is 235 g/mol. The van der Waals surface area contributed by atoms with Gasteiger partial charge in [-0.25, -0.2) is 0 Å². The lowest BCUT2D eigenvalue weighted by atomic mass is 9.89. The molecule has 92 valence electrons. The van der Waals surface area contributed by atoms with E-state index in [0.717, 1.165) is 5.56 Å². The molecule has 1 fully saturated rings. The van der Waals surface area contributed by atoms with Crippen molar-refractivity contribution in [2.75, 3.05) is 6.61 Å². The molecule has 4 heteroatoms. The fourth-order valence-corrected chi connectivity index (χ4v) is 1.76. The molecule has 17 heavy (non-hydrogen) atoms. The molecular formula is C13H17NO3. The molecule has 0 bridgehead atoms. The summed E-state index contributed by atoms with van der Waals surface area (Å²) >= 11 is 0. The first-order valence-electron chi connectivity index (χ1n) is 5.80. The smallest absolute Gasteiger partial charge is 0.258 e. The molecule has 0 aromatic heterocycles. The summed E-state index contributed by atoms with van der Waals surface area (Å²) < 4.78 is 5.34. The summed E-state index contributed by atoms with van der Waals surface area (Å²) in [4.78, 5) is 11.5. The average Bonchev–Trinajstić information content (AvgIpc) is 2.26. The highest BCUT2D eigenvalue weighted by Gasteiger charge is 2.28. The van der Waals surface area contributed by atoms with Crippen LogP contribution in [0.4, 0.5) is 0 Å². The van der Waals surface area contributed by atoms with E-state index >= 15 is 0 Å². The van der Waals surface area contributed by atoms with Crippen LogP contribution in [0.3, 0.4) is 0 Å². The fourth-order valence-electron chi connectivity index (χ4n) is 1.76. The van der Waals surface area contributed by atoms with Gasteiger partial charge in [0.1, 0.15) is 5.75 Å². The largest absolute Gasteiger partial charge is 0.484 e. The van der Waals surface area contributed by atoms with Crippen molar-refractivity contribution in [3.8, 4) is 5.75 Å². The number of aliphatic hydroxyl groups excluding tert-OH is 1. The third kappa shape index (κ3) is 3.46. The van der Waals surface area contributed by atoms with Crippen LogP contribution < -0.4 is 10.1 Å². The van der Waals surface area contributed by atoms with Crippen LogP contribution in [0.5, 0.6) is 5.75 Å². The zero-order valence-corrected chi connectivity index (χ0v) is 9.85. The zero-order valence-electron chi connectivity index (χ0n) is 9.85. The Kier molecular flexibility index (Phi) is 3.64. The monoisotopic (exact) mass is 235 g/mol. The summed E-state index contributed by atoms with van der Waals surface area (Å²) in [5.74, 6) is 0.557. The van der Waals surface area contributed by atoms with Crippen LogP contribution >= 0.6 is 0 Å². The quantitative estimate of drug-likeness (QED) is 0.819. The number of carbonyl (C=O) groups is 1.